The molecule has 0 aliphatic rings. The van der Waals surface area contributed by atoms with Crippen LogP contribution in [0.4, 0.5) is 0 Å². The van der Waals surface area contributed by atoms with Crippen LogP contribution in [0.3, 0.4) is 0 Å². The highest BCUT2D eigenvalue weighted by Crippen LogP contribution is 2.29. The van der Waals surface area contributed by atoms with Crippen LogP contribution < -0.4 is 14.8 Å². The fraction of sp³-hybridized carbons (Fsp3) is 0.500. The molecule has 0 fully saturated rings. The van der Waals surface area contributed by atoms with Gasteiger partial charge in [-0.15, -0.1) is 0 Å². The maximum atomic E-state index is 5.35. The largest absolute Gasteiger partial charge is 0.497 e. The molecule has 84 valence electrons. The molecule has 0 saturated carbocycles. The van der Waals surface area contributed by atoms with Gasteiger partial charge in [0.15, 0.2) is 0 Å². The van der Waals surface area contributed by atoms with Gasteiger partial charge in [-0.25, -0.2) is 0 Å². The summed E-state index contributed by atoms with van der Waals surface area (Å²) >= 11 is 0. The van der Waals surface area contributed by atoms with E-state index >= 15 is 0 Å². The van der Waals surface area contributed by atoms with Crippen molar-refractivity contribution in [3.05, 3.63) is 23.8 Å². The van der Waals surface area contributed by atoms with Crippen LogP contribution in [0.2, 0.25) is 0 Å². The molecule has 0 aliphatic heterocycles. The van der Waals surface area contributed by atoms with Gasteiger partial charge in [-0.2, -0.15) is 0 Å². The minimum atomic E-state index is 0.427. The van der Waals surface area contributed by atoms with Gasteiger partial charge in [-0.05, 0) is 24.6 Å². The molecule has 0 saturated heterocycles. The van der Waals surface area contributed by atoms with E-state index in [1.165, 1.54) is 5.56 Å². The molecule has 0 heterocycles. The first-order valence-corrected chi connectivity index (χ1v) is 5.09. The molecular formula is C12H19NO2. The minimum Gasteiger partial charge on any atom is -0.497 e. The van der Waals surface area contributed by atoms with Crippen LogP contribution in [-0.2, 0) is 0 Å². The van der Waals surface area contributed by atoms with Crippen molar-refractivity contribution in [1.29, 1.82) is 0 Å². The molecule has 3 heteroatoms. The van der Waals surface area contributed by atoms with Crippen LogP contribution in [0.1, 0.15) is 18.4 Å². The van der Waals surface area contributed by atoms with Crippen molar-refractivity contribution >= 4 is 0 Å². The lowest BCUT2D eigenvalue weighted by molar-refractivity contribution is 0.388. The van der Waals surface area contributed by atoms with E-state index in [0.29, 0.717) is 5.92 Å². The number of likely N-dealkylation sites (N-methyl/N-ethyl adjacent to an activating group) is 1. The molecule has 1 unspecified atom stereocenters. The molecule has 0 bridgehead atoms. The summed E-state index contributed by atoms with van der Waals surface area (Å²) in [5.74, 6) is 2.14. The van der Waals surface area contributed by atoms with Crippen molar-refractivity contribution in [2.75, 3.05) is 27.8 Å². The van der Waals surface area contributed by atoms with Crippen molar-refractivity contribution in [2.45, 2.75) is 12.8 Å². The molecule has 1 atom stereocenters. The van der Waals surface area contributed by atoms with E-state index in [1.807, 2.05) is 19.2 Å². The molecule has 0 spiro atoms. The lowest BCUT2D eigenvalue weighted by atomic mass is 10.00. The van der Waals surface area contributed by atoms with Gasteiger partial charge in [0.25, 0.3) is 0 Å². The second kappa shape index (κ2) is 5.61. The number of methoxy groups -OCH3 is 2. The third-order valence-corrected chi connectivity index (χ3v) is 2.48. The fourth-order valence-corrected chi connectivity index (χ4v) is 1.64. The topological polar surface area (TPSA) is 30.5 Å². The summed E-state index contributed by atoms with van der Waals surface area (Å²) in [6.07, 6.45) is 0. The van der Waals surface area contributed by atoms with Crippen LogP contribution in [0.5, 0.6) is 11.5 Å². The highest BCUT2D eigenvalue weighted by Gasteiger charge is 2.11. The first-order chi connectivity index (χ1) is 7.22. The summed E-state index contributed by atoms with van der Waals surface area (Å²) in [5, 5.41) is 3.16. The minimum absolute atomic E-state index is 0.427. The summed E-state index contributed by atoms with van der Waals surface area (Å²) in [5.41, 5.74) is 1.20. The summed E-state index contributed by atoms with van der Waals surface area (Å²) in [7, 11) is 5.29. The second-order valence-electron chi connectivity index (χ2n) is 3.57. The smallest absolute Gasteiger partial charge is 0.126 e. The maximum Gasteiger partial charge on any atom is 0.126 e. The molecule has 0 radical (unpaired) electrons. The molecule has 0 aliphatic carbocycles. The SMILES string of the molecule is CNCC(C)c1ccc(OC)cc1OC. The molecule has 1 N–H and O–H groups in total. The standard InChI is InChI=1S/C12H19NO2/c1-9(8-13-2)11-6-5-10(14-3)7-12(11)15-4/h5-7,9,13H,8H2,1-4H3. The normalized spacial score (nSPS) is 12.3. The summed E-state index contributed by atoms with van der Waals surface area (Å²) in [6, 6.07) is 5.94. The van der Waals surface area contributed by atoms with Gasteiger partial charge >= 0.3 is 0 Å². The zero-order valence-corrected chi connectivity index (χ0v) is 9.83. The quantitative estimate of drug-likeness (QED) is 0.805. The van der Waals surface area contributed by atoms with Crippen molar-refractivity contribution in [2.24, 2.45) is 0 Å². The Kier molecular flexibility index (Phi) is 4.43. The highest BCUT2D eigenvalue weighted by molar-refractivity contribution is 5.42. The van der Waals surface area contributed by atoms with Gasteiger partial charge < -0.3 is 14.8 Å². The Bertz CT molecular complexity index is 312. The van der Waals surface area contributed by atoms with Crippen molar-refractivity contribution in [3.8, 4) is 11.5 Å². The predicted molar refractivity (Wildman–Crippen MR) is 61.9 cm³/mol. The number of rotatable bonds is 5. The van der Waals surface area contributed by atoms with Crippen molar-refractivity contribution < 1.29 is 9.47 Å². The lowest BCUT2D eigenvalue weighted by Crippen LogP contribution is -2.15. The van der Waals surface area contributed by atoms with Crippen molar-refractivity contribution in [1.82, 2.24) is 5.32 Å². The van der Waals surface area contributed by atoms with E-state index in [2.05, 4.69) is 18.3 Å². The molecule has 0 aromatic heterocycles. The van der Waals surface area contributed by atoms with Gasteiger partial charge in [0.2, 0.25) is 0 Å². The fourth-order valence-electron chi connectivity index (χ4n) is 1.64. The Morgan fingerprint density at radius 2 is 2.00 bits per heavy atom. The number of ether oxygens (including phenoxy) is 2. The predicted octanol–water partition coefficient (Wildman–Crippen LogP) is 2.03. The molecule has 1 aromatic carbocycles. The average molecular weight is 209 g/mol. The Balaban J connectivity index is 2.96. The van der Waals surface area contributed by atoms with Crippen LogP contribution in [0.15, 0.2) is 18.2 Å². The van der Waals surface area contributed by atoms with Gasteiger partial charge in [-0.3, -0.25) is 0 Å². The maximum absolute atomic E-state index is 5.35. The summed E-state index contributed by atoms with van der Waals surface area (Å²) in [6.45, 7) is 3.10. The number of benzene rings is 1. The van der Waals surface area contributed by atoms with Crippen LogP contribution >= 0.6 is 0 Å². The van der Waals surface area contributed by atoms with Gasteiger partial charge in [0.1, 0.15) is 11.5 Å². The second-order valence-corrected chi connectivity index (χ2v) is 3.57. The monoisotopic (exact) mass is 209 g/mol. The van der Waals surface area contributed by atoms with Gasteiger partial charge in [0, 0.05) is 12.6 Å². The molecule has 1 rings (SSSR count). The van der Waals surface area contributed by atoms with E-state index in [0.717, 1.165) is 18.0 Å². The van der Waals surface area contributed by atoms with E-state index in [1.54, 1.807) is 14.2 Å². The zero-order chi connectivity index (χ0) is 11.3. The van der Waals surface area contributed by atoms with Crippen LogP contribution in [-0.4, -0.2) is 27.8 Å². The van der Waals surface area contributed by atoms with Crippen molar-refractivity contribution in [3.63, 3.8) is 0 Å². The number of hydrogen-bond donors (Lipinski definition) is 1. The first-order valence-electron chi connectivity index (χ1n) is 5.09. The Morgan fingerprint density at radius 1 is 1.27 bits per heavy atom. The van der Waals surface area contributed by atoms with E-state index in [4.69, 9.17) is 9.47 Å². The van der Waals surface area contributed by atoms with E-state index in [9.17, 15) is 0 Å². The first kappa shape index (κ1) is 11.9. The molecule has 3 nitrogen and oxygen atoms in total. The Labute approximate surface area is 91.4 Å². The molecular weight excluding hydrogens is 190 g/mol. The van der Waals surface area contributed by atoms with Gasteiger partial charge in [-0.1, -0.05) is 13.0 Å². The summed E-state index contributed by atoms with van der Waals surface area (Å²) < 4.78 is 10.5. The van der Waals surface area contributed by atoms with Crippen LogP contribution in [0, 0.1) is 0 Å². The van der Waals surface area contributed by atoms with Gasteiger partial charge in [0.05, 0.1) is 14.2 Å². The lowest BCUT2D eigenvalue weighted by Gasteiger charge is -2.16. The zero-order valence-electron chi connectivity index (χ0n) is 9.83. The third-order valence-electron chi connectivity index (χ3n) is 2.48. The molecule has 0 amide bonds. The molecule has 15 heavy (non-hydrogen) atoms. The highest BCUT2D eigenvalue weighted by atomic mass is 16.5. The number of nitrogens with one attached hydrogen (secondary N) is 1. The molecule has 1 aromatic rings. The Hall–Kier alpha value is -1.22. The number of hydrogen-bond acceptors (Lipinski definition) is 3. The third kappa shape index (κ3) is 2.86. The van der Waals surface area contributed by atoms with E-state index < -0.39 is 0 Å². The summed E-state index contributed by atoms with van der Waals surface area (Å²) in [4.78, 5) is 0. The van der Waals surface area contributed by atoms with Crippen LogP contribution in [0.25, 0.3) is 0 Å². The average Bonchev–Trinajstić information content (AvgIpc) is 2.28. The van der Waals surface area contributed by atoms with E-state index in [-0.39, 0.29) is 0 Å². The Morgan fingerprint density at radius 3 is 2.53 bits per heavy atom.